The SMILES string of the molecule is CCOC(=O)/C=C/c1ccccc1[C@H](OC)C1CC1. The van der Waals surface area contributed by atoms with Crippen LogP contribution in [-0.4, -0.2) is 19.7 Å². The van der Waals surface area contributed by atoms with E-state index in [0.29, 0.717) is 12.5 Å². The zero-order chi connectivity index (χ0) is 13.7. The summed E-state index contributed by atoms with van der Waals surface area (Å²) in [5, 5.41) is 0. The molecule has 1 fully saturated rings. The first-order valence-electron chi connectivity index (χ1n) is 6.72. The number of esters is 1. The fourth-order valence-corrected chi connectivity index (χ4v) is 2.24. The minimum Gasteiger partial charge on any atom is -0.463 e. The lowest BCUT2D eigenvalue weighted by Gasteiger charge is -2.17. The molecular weight excluding hydrogens is 240 g/mol. The van der Waals surface area contributed by atoms with Crippen LogP contribution >= 0.6 is 0 Å². The van der Waals surface area contributed by atoms with Crippen molar-refractivity contribution in [2.45, 2.75) is 25.9 Å². The molecule has 1 atom stereocenters. The maximum Gasteiger partial charge on any atom is 0.330 e. The first-order valence-corrected chi connectivity index (χ1v) is 6.72. The van der Waals surface area contributed by atoms with Crippen molar-refractivity contribution in [3.05, 3.63) is 41.5 Å². The molecule has 0 aromatic heterocycles. The highest BCUT2D eigenvalue weighted by Gasteiger charge is 2.33. The van der Waals surface area contributed by atoms with Crippen LogP contribution in [0.2, 0.25) is 0 Å². The summed E-state index contributed by atoms with van der Waals surface area (Å²) in [4.78, 5) is 11.4. The Morgan fingerprint density at radius 2 is 2.16 bits per heavy atom. The molecule has 1 aromatic rings. The monoisotopic (exact) mass is 260 g/mol. The summed E-state index contributed by atoms with van der Waals surface area (Å²) in [6.07, 6.45) is 5.84. The van der Waals surface area contributed by atoms with E-state index in [0.717, 1.165) is 11.1 Å². The maximum atomic E-state index is 11.4. The zero-order valence-corrected chi connectivity index (χ0v) is 11.5. The van der Waals surface area contributed by atoms with Crippen molar-refractivity contribution < 1.29 is 14.3 Å². The van der Waals surface area contributed by atoms with Gasteiger partial charge in [0.25, 0.3) is 0 Å². The third-order valence-electron chi connectivity index (χ3n) is 3.29. The fraction of sp³-hybridized carbons (Fsp3) is 0.438. The molecule has 3 heteroatoms. The largest absolute Gasteiger partial charge is 0.463 e. The van der Waals surface area contributed by atoms with Gasteiger partial charge in [-0.3, -0.25) is 0 Å². The fourth-order valence-electron chi connectivity index (χ4n) is 2.24. The van der Waals surface area contributed by atoms with Crippen molar-refractivity contribution >= 4 is 12.0 Å². The standard InChI is InChI=1S/C16H20O3/c1-3-19-15(17)11-10-12-6-4-5-7-14(12)16(18-2)13-8-9-13/h4-7,10-11,13,16H,3,8-9H2,1-2H3/b11-10+/t16-/m1/s1. The van der Waals surface area contributed by atoms with E-state index in [1.165, 1.54) is 18.9 Å². The second-order valence-electron chi connectivity index (χ2n) is 4.71. The molecule has 0 aliphatic heterocycles. The molecule has 102 valence electrons. The summed E-state index contributed by atoms with van der Waals surface area (Å²) in [6.45, 7) is 2.20. The predicted octanol–water partition coefficient (Wildman–Crippen LogP) is 3.36. The molecule has 3 nitrogen and oxygen atoms in total. The Balaban J connectivity index is 2.18. The highest BCUT2D eigenvalue weighted by Crippen LogP contribution is 2.43. The van der Waals surface area contributed by atoms with E-state index in [9.17, 15) is 4.79 Å². The average molecular weight is 260 g/mol. The van der Waals surface area contributed by atoms with Gasteiger partial charge in [-0.2, -0.15) is 0 Å². The molecule has 0 spiro atoms. The molecule has 0 N–H and O–H groups in total. The molecule has 1 aliphatic carbocycles. The first-order chi connectivity index (χ1) is 9.26. The van der Waals surface area contributed by atoms with Crippen molar-refractivity contribution in [2.24, 2.45) is 5.92 Å². The van der Waals surface area contributed by atoms with Crippen LogP contribution in [0.25, 0.3) is 6.08 Å². The number of rotatable bonds is 6. The van der Waals surface area contributed by atoms with Crippen molar-refractivity contribution in [3.8, 4) is 0 Å². The van der Waals surface area contributed by atoms with E-state index >= 15 is 0 Å². The number of hydrogen-bond donors (Lipinski definition) is 0. The Bertz CT molecular complexity index is 461. The Morgan fingerprint density at radius 1 is 1.42 bits per heavy atom. The van der Waals surface area contributed by atoms with Crippen LogP contribution in [0.5, 0.6) is 0 Å². The highest BCUT2D eigenvalue weighted by molar-refractivity contribution is 5.87. The zero-order valence-electron chi connectivity index (χ0n) is 11.5. The van der Waals surface area contributed by atoms with Gasteiger partial charge in [0.2, 0.25) is 0 Å². The number of carbonyl (C=O) groups is 1. The van der Waals surface area contributed by atoms with Gasteiger partial charge >= 0.3 is 5.97 Å². The molecule has 1 aromatic carbocycles. The quantitative estimate of drug-likeness (QED) is 0.581. The van der Waals surface area contributed by atoms with Crippen molar-refractivity contribution in [1.82, 2.24) is 0 Å². The molecule has 0 amide bonds. The normalized spacial score (nSPS) is 16.5. The molecule has 0 bridgehead atoms. The maximum absolute atomic E-state index is 11.4. The number of hydrogen-bond acceptors (Lipinski definition) is 3. The van der Waals surface area contributed by atoms with Crippen LogP contribution < -0.4 is 0 Å². The molecule has 19 heavy (non-hydrogen) atoms. The Hall–Kier alpha value is -1.61. The molecule has 2 rings (SSSR count). The van der Waals surface area contributed by atoms with Gasteiger partial charge in [0, 0.05) is 13.2 Å². The van der Waals surface area contributed by atoms with Crippen LogP contribution in [0.1, 0.15) is 37.0 Å². The van der Waals surface area contributed by atoms with Crippen LogP contribution in [-0.2, 0) is 14.3 Å². The number of carbonyl (C=O) groups excluding carboxylic acids is 1. The molecule has 1 aliphatic rings. The van der Waals surface area contributed by atoms with Crippen LogP contribution in [0.3, 0.4) is 0 Å². The Morgan fingerprint density at radius 3 is 2.79 bits per heavy atom. The molecule has 0 unspecified atom stereocenters. The van der Waals surface area contributed by atoms with E-state index in [1.54, 1.807) is 14.0 Å². The molecule has 0 saturated heterocycles. The van der Waals surface area contributed by atoms with Gasteiger partial charge < -0.3 is 9.47 Å². The van der Waals surface area contributed by atoms with Crippen molar-refractivity contribution in [2.75, 3.05) is 13.7 Å². The van der Waals surface area contributed by atoms with Gasteiger partial charge in [0.1, 0.15) is 0 Å². The predicted molar refractivity (Wildman–Crippen MR) is 74.6 cm³/mol. The van der Waals surface area contributed by atoms with Gasteiger partial charge in [0.05, 0.1) is 12.7 Å². The Labute approximate surface area is 114 Å². The van der Waals surface area contributed by atoms with E-state index in [-0.39, 0.29) is 12.1 Å². The van der Waals surface area contributed by atoms with Crippen LogP contribution in [0.15, 0.2) is 30.3 Å². The summed E-state index contributed by atoms with van der Waals surface area (Å²) in [6, 6.07) is 8.04. The number of methoxy groups -OCH3 is 1. The molecule has 1 saturated carbocycles. The minimum absolute atomic E-state index is 0.128. The van der Waals surface area contributed by atoms with E-state index in [4.69, 9.17) is 9.47 Å². The lowest BCUT2D eigenvalue weighted by molar-refractivity contribution is -0.137. The van der Waals surface area contributed by atoms with E-state index < -0.39 is 0 Å². The lowest BCUT2D eigenvalue weighted by atomic mass is 9.99. The minimum atomic E-state index is -0.308. The average Bonchev–Trinajstić information content (AvgIpc) is 3.23. The van der Waals surface area contributed by atoms with Crippen LogP contribution in [0.4, 0.5) is 0 Å². The molecular formula is C16H20O3. The second kappa shape index (κ2) is 6.53. The van der Waals surface area contributed by atoms with Gasteiger partial charge in [0.15, 0.2) is 0 Å². The molecule has 0 radical (unpaired) electrons. The summed E-state index contributed by atoms with van der Waals surface area (Å²) < 4.78 is 10.5. The van der Waals surface area contributed by atoms with Crippen LogP contribution in [0, 0.1) is 5.92 Å². The highest BCUT2D eigenvalue weighted by atomic mass is 16.5. The van der Waals surface area contributed by atoms with Gasteiger partial charge in [-0.25, -0.2) is 4.79 Å². The van der Waals surface area contributed by atoms with Gasteiger partial charge in [-0.05, 0) is 42.9 Å². The number of ether oxygens (including phenoxy) is 2. The summed E-state index contributed by atoms with van der Waals surface area (Å²) in [5.41, 5.74) is 2.17. The second-order valence-corrected chi connectivity index (χ2v) is 4.71. The Kier molecular flexibility index (Phi) is 4.74. The summed E-state index contributed by atoms with van der Waals surface area (Å²) in [7, 11) is 1.74. The lowest BCUT2D eigenvalue weighted by Crippen LogP contribution is -2.06. The van der Waals surface area contributed by atoms with Gasteiger partial charge in [-0.1, -0.05) is 24.3 Å². The molecule has 0 heterocycles. The first kappa shape index (κ1) is 13.8. The van der Waals surface area contributed by atoms with Crippen molar-refractivity contribution in [3.63, 3.8) is 0 Å². The number of benzene rings is 1. The van der Waals surface area contributed by atoms with E-state index in [2.05, 4.69) is 6.07 Å². The van der Waals surface area contributed by atoms with Gasteiger partial charge in [-0.15, -0.1) is 0 Å². The smallest absolute Gasteiger partial charge is 0.330 e. The summed E-state index contributed by atoms with van der Waals surface area (Å²) >= 11 is 0. The van der Waals surface area contributed by atoms with Crippen molar-refractivity contribution in [1.29, 1.82) is 0 Å². The third kappa shape index (κ3) is 3.67. The topological polar surface area (TPSA) is 35.5 Å². The summed E-state index contributed by atoms with van der Waals surface area (Å²) in [5.74, 6) is 0.305. The third-order valence-corrected chi connectivity index (χ3v) is 3.29. The van der Waals surface area contributed by atoms with E-state index in [1.807, 2.05) is 24.3 Å².